The SMILES string of the molecule is CC1=CC=CC(C)([C@H](NC(=O)CN2Cc3ccc(-c4nc(NC5CCOCC5)ncc4Cl)cc3C2=O)[C@H](C)O)C1. The monoisotopic (exact) mass is 565 g/mol. The van der Waals surface area contributed by atoms with Crippen LogP contribution < -0.4 is 10.6 Å². The Kier molecular flexibility index (Phi) is 8.26. The molecule has 212 valence electrons. The highest BCUT2D eigenvalue weighted by molar-refractivity contribution is 6.33. The lowest BCUT2D eigenvalue weighted by atomic mass is 9.72. The molecule has 1 aromatic heterocycles. The molecule has 0 spiro atoms. The maximum Gasteiger partial charge on any atom is 0.254 e. The van der Waals surface area contributed by atoms with Crippen molar-refractivity contribution in [1.82, 2.24) is 20.2 Å². The number of aromatic nitrogens is 2. The van der Waals surface area contributed by atoms with E-state index in [1.807, 2.05) is 44.2 Å². The summed E-state index contributed by atoms with van der Waals surface area (Å²) in [4.78, 5) is 36.9. The van der Waals surface area contributed by atoms with Crippen LogP contribution in [0.2, 0.25) is 5.02 Å². The van der Waals surface area contributed by atoms with E-state index in [1.54, 1.807) is 19.2 Å². The first kappa shape index (κ1) is 28.3. The van der Waals surface area contributed by atoms with Crippen LogP contribution in [0.25, 0.3) is 11.3 Å². The second-order valence-corrected chi connectivity index (χ2v) is 11.7. The molecule has 2 aliphatic heterocycles. The molecular formula is C30H36ClN5O4. The molecule has 3 aliphatic rings. The van der Waals surface area contributed by atoms with E-state index >= 15 is 0 Å². The van der Waals surface area contributed by atoms with Crippen molar-refractivity contribution >= 4 is 29.4 Å². The summed E-state index contributed by atoms with van der Waals surface area (Å²) in [5.74, 6) is -0.0538. The maximum absolute atomic E-state index is 13.3. The average Bonchev–Trinajstić information content (AvgIpc) is 3.22. The second kappa shape index (κ2) is 11.7. The first-order valence-electron chi connectivity index (χ1n) is 13.7. The zero-order valence-electron chi connectivity index (χ0n) is 23.1. The van der Waals surface area contributed by atoms with Crippen molar-refractivity contribution in [1.29, 1.82) is 0 Å². The summed E-state index contributed by atoms with van der Waals surface area (Å²) in [6.45, 7) is 7.37. The van der Waals surface area contributed by atoms with Gasteiger partial charge in [0.2, 0.25) is 11.9 Å². The van der Waals surface area contributed by atoms with Crippen molar-refractivity contribution < 1.29 is 19.4 Å². The topological polar surface area (TPSA) is 117 Å². The molecule has 1 unspecified atom stereocenters. The molecule has 1 fully saturated rings. The predicted molar refractivity (Wildman–Crippen MR) is 154 cm³/mol. The van der Waals surface area contributed by atoms with Gasteiger partial charge in [-0.2, -0.15) is 0 Å². The van der Waals surface area contributed by atoms with E-state index in [1.165, 1.54) is 10.5 Å². The highest BCUT2D eigenvalue weighted by Gasteiger charge is 2.38. The van der Waals surface area contributed by atoms with Crippen molar-refractivity contribution in [3.05, 3.63) is 64.3 Å². The average molecular weight is 566 g/mol. The van der Waals surface area contributed by atoms with Gasteiger partial charge in [0.15, 0.2) is 0 Å². The third-order valence-electron chi connectivity index (χ3n) is 7.92. The smallest absolute Gasteiger partial charge is 0.254 e. The van der Waals surface area contributed by atoms with E-state index in [4.69, 9.17) is 16.3 Å². The van der Waals surface area contributed by atoms with Crippen LogP contribution in [-0.2, 0) is 16.1 Å². The van der Waals surface area contributed by atoms with Crippen LogP contribution in [0.15, 0.2) is 48.2 Å². The summed E-state index contributed by atoms with van der Waals surface area (Å²) in [7, 11) is 0. The maximum atomic E-state index is 13.3. The molecule has 3 atom stereocenters. The van der Waals surface area contributed by atoms with Gasteiger partial charge in [-0.3, -0.25) is 9.59 Å². The molecule has 1 aromatic carbocycles. The molecule has 40 heavy (non-hydrogen) atoms. The van der Waals surface area contributed by atoms with E-state index in [-0.39, 0.29) is 24.4 Å². The summed E-state index contributed by atoms with van der Waals surface area (Å²) in [6.07, 6.45) is 9.32. The Morgan fingerprint density at radius 3 is 2.83 bits per heavy atom. The lowest BCUT2D eigenvalue weighted by Crippen LogP contribution is -2.54. The number of aliphatic hydroxyl groups is 1. The van der Waals surface area contributed by atoms with Gasteiger partial charge in [-0.1, -0.05) is 54.5 Å². The largest absolute Gasteiger partial charge is 0.391 e. The van der Waals surface area contributed by atoms with Crippen LogP contribution in [0.5, 0.6) is 0 Å². The number of nitrogens with zero attached hydrogens (tertiary/aromatic N) is 3. The number of hydrogen-bond donors (Lipinski definition) is 3. The van der Waals surface area contributed by atoms with E-state index in [9.17, 15) is 14.7 Å². The number of carbonyl (C=O) groups excluding carboxylic acids is 2. The fourth-order valence-corrected chi connectivity index (χ4v) is 6.09. The molecule has 2 aromatic rings. The summed E-state index contributed by atoms with van der Waals surface area (Å²) < 4.78 is 5.42. The Balaban J connectivity index is 1.28. The van der Waals surface area contributed by atoms with Gasteiger partial charge < -0.3 is 25.4 Å². The van der Waals surface area contributed by atoms with Gasteiger partial charge >= 0.3 is 0 Å². The number of halogens is 1. The minimum Gasteiger partial charge on any atom is -0.391 e. The quantitative estimate of drug-likeness (QED) is 0.441. The van der Waals surface area contributed by atoms with E-state index < -0.39 is 17.6 Å². The van der Waals surface area contributed by atoms with Gasteiger partial charge in [0, 0.05) is 42.3 Å². The van der Waals surface area contributed by atoms with Crippen LogP contribution in [0.1, 0.15) is 56.0 Å². The van der Waals surface area contributed by atoms with Crippen LogP contribution in [0.3, 0.4) is 0 Å². The number of allylic oxidation sites excluding steroid dienone is 3. The van der Waals surface area contributed by atoms with Crippen molar-refractivity contribution in [3.63, 3.8) is 0 Å². The molecule has 9 nitrogen and oxygen atoms in total. The van der Waals surface area contributed by atoms with Crippen LogP contribution in [-0.4, -0.2) is 69.7 Å². The van der Waals surface area contributed by atoms with Crippen LogP contribution in [0.4, 0.5) is 5.95 Å². The zero-order valence-corrected chi connectivity index (χ0v) is 23.9. The first-order chi connectivity index (χ1) is 19.1. The Labute approximate surface area is 239 Å². The molecule has 1 saturated heterocycles. The second-order valence-electron chi connectivity index (χ2n) is 11.3. The molecule has 5 rings (SSSR count). The fourth-order valence-electron chi connectivity index (χ4n) is 5.89. The molecule has 3 heterocycles. The van der Waals surface area contributed by atoms with Crippen molar-refractivity contribution in [2.75, 3.05) is 25.1 Å². The zero-order chi connectivity index (χ0) is 28.4. The van der Waals surface area contributed by atoms with Crippen molar-refractivity contribution in [2.45, 2.75) is 64.8 Å². The van der Waals surface area contributed by atoms with Crippen LogP contribution >= 0.6 is 11.6 Å². The molecule has 10 heteroatoms. The Morgan fingerprint density at radius 1 is 1.32 bits per heavy atom. The molecule has 1 aliphatic carbocycles. The van der Waals surface area contributed by atoms with Crippen LogP contribution in [0, 0.1) is 5.41 Å². The molecule has 0 radical (unpaired) electrons. The standard InChI is InChI=1S/C30H36ClN5O4/c1-18-5-4-10-30(3,14-18)27(19(2)37)34-25(38)17-36-16-21-7-6-20(13-23(21)28(36)39)26-24(31)15-32-29(35-26)33-22-8-11-40-12-9-22/h4-7,10,13,15,19,22,27,37H,8-9,11-12,14,16-17H2,1-3H3,(H,34,38)(H,32,33,35)/t19-,27+,30?/m0/s1. The predicted octanol–water partition coefficient (Wildman–Crippen LogP) is 4.12. The molecule has 0 saturated carbocycles. The van der Waals surface area contributed by atoms with Gasteiger partial charge in [-0.25, -0.2) is 9.97 Å². The highest BCUT2D eigenvalue weighted by Crippen LogP contribution is 2.36. The van der Waals surface area contributed by atoms with Gasteiger partial charge in [0.05, 0.1) is 29.1 Å². The highest BCUT2D eigenvalue weighted by atomic mass is 35.5. The number of rotatable bonds is 8. The normalized spacial score (nSPS) is 22.5. The number of ether oxygens (including phenoxy) is 1. The summed E-state index contributed by atoms with van der Waals surface area (Å²) in [5.41, 5.74) is 3.36. The lowest BCUT2D eigenvalue weighted by molar-refractivity contribution is -0.124. The van der Waals surface area contributed by atoms with E-state index in [0.717, 1.165) is 24.8 Å². The number of fused-ring (bicyclic) bond motifs is 1. The van der Waals surface area contributed by atoms with E-state index in [0.29, 0.717) is 47.6 Å². The van der Waals surface area contributed by atoms with Gasteiger partial charge in [-0.05, 0) is 44.7 Å². The van der Waals surface area contributed by atoms with Gasteiger partial charge in [0.1, 0.15) is 6.54 Å². The number of hydrogen-bond acceptors (Lipinski definition) is 7. The van der Waals surface area contributed by atoms with Gasteiger partial charge in [-0.15, -0.1) is 0 Å². The number of amides is 2. The lowest BCUT2D eigenvalue weighted by Gasteiger charge is -2.39. The summed E-state index contributed by atoms with van der Waals surface area (Å²) in [6, 6.07) is 5.29. The molecule has 3 N–H and O–H groups in total. The number of nitrogens with one attached hydrogen (secondary N) is 2. The van der Waals surface area contributed by atoms with Crippen molar-refractivity contribution in [3.8, 4) is 11.3 Å². The summed E-state index contributed by atoms with van der Waals surface area (Å²) >= 11 is 6.47. The molecule has 2 amide bonds. The Morgan fingerprint density at radius 2 is 2.10 bits per heavy atom. The summed E-state index contributed by atoms with van der Waals surface area (Å²) in [5, 5.41) is 17.2. The van der Waals surface area contributed by atoms with Gasteiger partial charge in [0.25, 0.3) is 5.91 Å². The Hall–Kier alpha value is -3.27. The van der Waals surface area contributed by atoms with E-state index in [2.05, 4.69) is 20.6 Å². The number of benzene rings is 1. The number of carbonyl (C=O) groups is 2. The minimum absolute atomic E-state index is 0.103. The minimum atomic E-state index is -0.762. The number of anilines is 1. The molecule has 0 bridgehead atoms. The number of aliphatic hydroxyl groups excluding tert-OH is 1. The Bertz CT molecular complexity index is 1350. The molecular weight excluding hydrogens is 530 g/mol. The third kappa shape index (κ3) is 6.06. The first-order valence-corrected chi connectivity index (χ1v) is 14.1. The van der Waals surface area contributed by atoms with Crippen molar-refractivity contribution in [2.24, 2.45) is 5.41 Å². The fraction of sp³-hybridized carbons (Fsp3) is 0.467. The third-order valence-corrected chi connectivity index (χ3v) is 8.20.